The Morgan fingerprint density at radius 3 is 0.855 bits per heavy atom. The lowest BCUT2D eigenvalue weighted by atomic mass is 9.92. The Morgan fingerprint density at radius 1 is 0.145 bits per heavy atom. The summed E-state index contributed by atoms with van der Waals surface area (Å²) in [6.07, 6.45) is 0. The summed E-state index contributed by atoms with van der Waals surface area (Å²) in [4.78, 5) is 31.7. The average molecular weight is 1610 g/mol. The molecule has 0 bridgehead atoms. The lowest BCUT2D eigenvalue weighted by Crippen LogP contribution is -1.96. The third-order valence-corrected chi connectivity index (χ3v) is 26.9. The first-order valence-electron chi connectivity index (χ1n) is 41.9. The molecular weight excluding hydrogens is 1540 g/mol. The molecule has 25 rings (SSSR count). The van der Waals surface area contributed by atoms with Crippen LogP contribution in [0.4, 0.5) is 0 Å². The molecule has 0 radical (unpaired) electrons. The third-order valence-electron chi connectivity index (χ3n) is 24.5. The molecule has 6 nitrogen and oxygen atoms in total. The fourth-order valence-corrected chi connectivity index (χ4v) is 21.0. The van der Waals surface area contributed by atoms with Gasteiger partial charge in [0.15, 0.2) is 11.6 Å². The number of benzene rings is 19. The van der Waals surface area contributed by atoms with Crippen molar-refractivity contribution >= 4 is 149 Å². The van der Waals surface area contributed by atoms with Crippen LogP contribution >= 0.6 is 22.7 Å². The van der Waals surface area contributed by atoms with Crippen LogP contribution in [-0.2, 0) is 0 Å². The summed E-state index contributed by atoms with van der Waals surface area (Å²) in [5, 5.41) is 22.5. The van der Waals surface area contributed by atoms with Gasteiger partial charge in [0, 0.05) is 86.2 Å². The Bertz CT molecular complexity index is 8480. The fraction of sp³-hybridized carbons (Fsp3) is 0. The van der Waals surface area contributed by atoms with Crippen LogP contribution in [-0.4, -0.2) is 29.9 Å². The topological polar surface area (TPSA) is 77.3 Å². The van der Waals surface area contributed by atoms with Crippen LogP contribution in [0.25, 0.3) is 250 Å². The molecule has 6 aromatic heterocycles. The first kappa shape index (κ1) is 72.2. The Hall–Kier alpha value is -15.8. The lowest BCUT2D eigenvalue weighted by molar-refractivity contribution is 1.18. The van der Waals surface area contributed by atoms with Gasteiger partial charge in [-0.15, -0.1) is 22.7 Å². The fourth-order valence-electron chi connectivity index (χ4n) is 18.5. The number of fused-ring (bicyclic) bond motifs is 22. The molecule has 0 aliphatic carbocycles. The summed E-state index contributed by atoms with van der Waals surface area (Å²) in [5.74, 6) is 1.38. The summed E-state index contributed by atoms with van der Waals surface area (Å²) in [6.45, 7) is 0. The van der Waals surface area contributed by atoms with Gasteiger partial charge in [-0.25, -0.2) is 29.9 Å². The highest BCUT2D eigenvalue weighted by Gasteiger charge is 2.23. The minimum Gasteiger partial charge on any atom is -0.246 e. The molecule has 0 saturated heterocycles. The van der Waals surface area contributed by atoms with Crippen molar-refractivity contribution in [3.05, 3.63) is 425 Å². The van der Waals surface area contributed by atoms with Gasteiger partial charge in [0.05, 0.1) is 54.6 Å². The molecule has 0 unspecified atom stereocenters. The summed E-state index contributed by atoms with van der Waals surface area (Å²) >= 11 is 3.66. The number of thiophene rings is 2. The van der Waals surface area contributed by atoms with Crippen molar-refractivity contribution in [1.82, 2.24) is 29.9 Å². The molecule has 0 aliphatic heterocycles. The highest BCUT2D eigenvalue weighted by Crippen LogP contribution is 2.49. The van der Waals surface area contributed by atoms with Gasteiger partial charge in [0.1, 0.15) is 0 Å². The van der Waals surface area contributed by atoms with Gasteiger partial charge in [-0.2, -0.15) is 0 Å². The number of hydrogen-bond donors (Lipinski definition) is 0. The van der Waals surface area contributed by atoms with E-state index in [2.05, 4.69) is 400 Å². The van der Waals surface area contributed by atoms with Crippen molar-refractivity contribution in [2.45, 2.75) is 0 Å². The second-order valence-electron chi connectivity index (χ2n) is 31.8. The van der Waals surface area contributed by atoms with E-state index < -0.39 is 0 Å². The van der Waals surface area contributed by atoms with Gasteiger partial charge in [-0.3, -0.25) is 0 Å². The van der Waals surface area contributed by atoms with Crippen LogP contribution < -0.4 is 0 Å². The number of nitrogens with zero attached hydrogens (tertiary/aromatic N) is 6. The summed E-state index contributed by atoms with van der Waals surface area (Å²) < 4.78 is 4.93. The van der Waals surface area contributed by atoms with Gasteiger partial charge in [0.2, 0.25) is 0 Å². The molecule has 0 amide bonds. The average Bonchev–Trinajstić information content (AvgIpc) is 1.43. The van der Waals surface area contributed by atoms with Gasteiger partial charge in [-0.1, -0.05) is 358 Å². The summed E-state index contributed by atoms with van der Waals surface area (Å²) in [6, 6.07) is 152. The van der Waals surface area contributed by atoms with Gasteiger partial charge < -0.3 is 0 Å². The normalized spacial score (nSPS) is 11.7. The molecule has 0 aliphatic rings. The number of pyridine rings is 2. The zero-order valence-electron chi connectivity index (χ0n) is 66.9. The molecule has 25 aromatic rings. The largest absolute Gasteiger partial charge is 0.246 e. The van der Waals surface area contributed by atoms with Crippen LogP contribution in [0.5, 0.6) is 0 Å². The lowest BCUT2D eigenvalue weighted by Gasteiger charge is -2.13. The first-order chi connectivity index (χ1) is 61.4. The van der Waals surface area contributed by atoms with E-state index in [4.69, 9.17) is 29.9 Å². The molecular formula is C116H70N6S2. The maximum atomic E-state index is 5.59. The van der Waals surface area contributed by atoms with Crippen molar-refractivity contribution < 1.29 is 0 Å². The van der Waals surface area contributed by atoms with Crippen molar-refractivity contribution in [3.63, 3.8) is 0 Å². The third kappa shape index (κ3) is 12.7. The number of aromatic nitrogens is 6. The van der Waals surface area contributed by atoms with E-state index >= 15 is 0 Å². The summed E-state index contributed by atoms with van der Waals surface area (Å²) in [5.41, 5.74) is 22.6. The zero-order chi connectivity index (χ0) is 81.7. The maximum absolute atomic E-state index is 5.59. The minimum absolute atomic E-state index is 0.680. The monoisotopic (exact) mass is 1610 g/mol. The highest BCUT2D eigenvalue weighted by atomic mass is 32.1. The van der Waals surface area contributed by atoms with Gasteiger partial charge in [-0.05, 0) is 165 Å². The molecule has 0 fully saturated rings. The number of rotatable bonds is 11. The van der Waals surface area contributed by atoms with E-state index in [9.17, 15) is 0 Å². The van der Waals surface area contributed by atoms with Crippen LogP contribution in [0.1, 0.15) is 0 Å². The van der Waals surface area contributed by atoms with E-state index in [1.807, 2.05) is 46.9 Å². The van der Waals surface area contributed by atoms with Crippen molar-refractivity contribution in [2.24, 2.45) is 0 Å². The molecule has 0 N–H and O–H groups in total. The second kappa shape index (κ2) is 30.1. The van der Waals surface area contributed by atoms with Crippen LogP contribution in [0, 0.1) is 0 Å². The van der Waals surface area contributed by atoms with Crippen LogP contribution in [0.15, 0.2) is 425 Å². The number of hydrogen-bond acceptors (Lipinski definition) is 8. The standard InChI is InChI=1S/C61H37N3S.C55H33N3S/c1-3-14-38(15-4-1)39-26-28-41(29-27-39)55-37-54(40-16-5-2-6-17-40)63-61(64-55)45-19-13-18-42(34-45)43-30-33-51-56(36-43)62-59(60-58(51)52-24-11-12-25-57(52)65-60)44-31-32-50-48-22-8-7-20-46(48)47-21-9-10-23-49(47)53(50)35-44;1-3-14-34(15-4-1)49-33-50(35-16-5-2-6-17-35)58-55(57-49)39-19-13-18-36(30-39)37-27-29-48-47(31-37)52-45-24-11-12-25-51(45)59-54(52)53(56-48)38-26-28-44-42-22-8-7-20-40(42)41-21-9-10-23-43(41)46(44)32-38/h1-37H;1-33H. The minimum atomic E-state index is 0.680. The first-order valence-corrected chi connectivity index (χ1v) is 43.6. The summed E-state index contributed by atoms with van der Waals surface area (Å²) in [7, 11) is 0. The molecule has 6 heterocycles. The van der Waals surface area contributed by atoms with E-state index in [0.717, 1.165) is 123 Å². The zero-order valence-corrected chi connectivity index (χ0v) is 68.5. The predicted octanol–water partition coefficient (Wildman–Crippen LogP) is 32.0. The van der Waals surface area contributed by atoms with Crippen molar-refractivity contribution in [3.8, 4) is 124 Å². The SMILES string of the molecule is c1ccc(-c2cc(-c3ccccc3)nc(-c3cccc(-c4ccc5nc(-c6ccc7c8ccccc8c8ccccc8c7c6)c6sc7ccccc7c6c5c4)c3)n2)cc1.c1ccc(-c2ccc(-c3cc(-c4ccccc4)nc(-c4cccc(-c5ccc6c(c5)nc(-c5ccc7c8ccccc8c8ccccc8c7c5)c5sc7ccccc7c56)c4)n3)cc2)cc1. The van der Waals surface area contributed by atoms with Crippen molar-refractivity contribution in [1.29, 1.82) is 0 Å². The van der Waals surface area contributed by atoms with E-state index in [1.54, 1.807) is 0 Å². The van der Waals surface area contributed by atoms with E-state index in [0.29, 0.717) is 11.6 Å². The molecule has 0 saturated carbocycles. The smallest absolute Gasteiger partial charge is 0.160 e. The van der Waals surface area contributed by atoms with Gasteiger partial charge in [0.25, 0.3) is 0 Å². The van der Waals surface area contributed by atoms with Crippen LogP contribution in [0.2, 0.25) is 0 Å². The molecule has 576 valence electrons. The Labute approximate surface area is 722 Å². The molecule has 0 spiro atoms. The predicted molar refractivity (Wildman–Crippen MR) is 525 cm³/mol. The van der Waals surface area contributed by atoms with Crippen molar-refractivity contribution in [2.75, 3.05) is 0 Å². The second-order valence-corrected chi connectivity index (χ2v) is 33.9. The Morgan fingerprint density at radius 2 is 0.419 bits per heavy atom. The molecule has 124 heavy (non-hydrogen) atoms. The van der Waals surface area contributed by atoms with E-state index in [1.165, 1.54) is 116 Å². The molecule has 8 heteroatoms. The molecule has 19 aromatic carbocycles. The molecule has 0 atom stereocenters. The quantitative estimate of drug-likeness (QED) is 0.120. The highest BCUT2D eigenvalue weighted by molar-refractivity contribution is 7.27. The Kier molecular flexibility index (Phi) is 17.6. The van der Waals surface area contributed by atoms with Gasteiger partial charge >= 0.3 is 0 Å². The maximum Gasteiger partial charge on any atom is 0.160 e. The Balaban J connectivity index is 0.000000140. The van der Waals surface area contributed by atoms with E-state index in [-0.39, 0.29) is 0 Å². The van der Waals surface area contributed by atoms with Crippen LogP contribution in [0.3, 0.4) is 0 Å².